The second-order valence-corrected chi connectivity index (χ2v) is 15.3. The summed E-state index contributed by atoms with van der Waals surface area (Å²) in [5.41, 5.74) is 0.739. The molecule has 13 nitrogen and oxygen atoms in total. The van der Waals surface area contributed by atoms with E-state index in [2.05, 4.69) is 15.9 Å². The van der Waals surface area contributed by atoms with E-state index in [-0.39, 0.29) is 74.4 Å². The van der Waals surface area contributed by atoms with E-state index in [0.29, 0.717) is 20.2 Å². The Labute approximate surface area is 324 Å². The number of aryl methyl sites for hydroxylation is 1. The van der Waals surface area contributed by atoms with Crippen LogP contribution in [0, 0.1) is 20.8 Å². The molecule has 0 unspecified atom stereocenters. The molecule has 1 aromatic heterocycles. The number of phenols is 1. The summed E-state index contributed by atoms with van der Waals surface area (Å²) in [6, 6.07) is 17.7. The topological polar surface area (TPSA) is 162 Å². The number of methoxy groups -OCH3 is 1. The molecule has 0 atom stereocenters. The minimum Gasteiger partial charge on any atom is -0.504 e. The lowest BCUT2D eigenvalue weighted by Gasteiger charge is -2.16. The first-order chi connectivity index (χ1) is 26.1. The van der Waals surface area contributed by atoms with Crippen molar-refractivity contribution in [1.29, 1.82) is 0 Å². The van der Waals surface area contributed by atoms with Crippen LogP contribution in [0.5, 0.6) is 28.7 Å². The maximum absolute atomic E-state index is 14.8. The number of rotatable bonds is 9. The fourth-order valence-corrected chi connectivity index (χ4v) is 7.46. The van der Waals surface area contributed by atoms with Crippen LogP contribution in [0.25, 0.3) is 12.2 Å². The number of carbonyl (C=O) groups excluding carboxylic acids is 1. The van der Waals surface area contributed by atoms with Crippen LogP contribution in [0.3, 0.4) is 0 Å². The molecule has 286 valence electrons. The molecular weight excluding hydrogens is 796 g/mol. The molecule has 1 N–H and O–H groups in total. The molecule has 4 aromatic carbocycles. The molecule has 0 radical (unpaired) electrons. The molecule has 6 rings (SSSR count). The quantitative estimate of drug-likeness (QED) is 0.199. The Kier molecular flexibility index (Phi) is 11.0. The van der Waals surface area contributed by atoms with E-state index in [4.69, 9.17) is 23.1 Å². The van der Waals surface area contributed by atoms with Crippen molar-refractivity contribution in [2.45, 2.75) is 52.2 Å². The highest BCUT2D eigenvalue weighted by Crippen LogP contribution is 2.44. The van der Waals surface area contributed by atoms with Gasteiger partial charge in [-0.05, 0) is 98.1 Å². The Balaban J connectivity index is 1.72. The second-order valence-electron chi connectivity index (χ2n) is 13.0. The SMILES string of the molecule is COc1c(O)cc(/C=c2\c(=O)n(Cc3ccccc3)/c(=C/c3cc4c(c(C)c3OS(=O)(=O)c3ccc(C)cc3)OCO4)c(=O)n2C(=O)OC(C)C)c(Br)c1C. The summed E-state index contributed by atoms with van der Waals surface area (Å²) in [7, 11) is -3.04. The van der Waals surface area contributed by atoms with Crippen molar-refractivity contribution >= 4 is 44.3 Å². The smallest absolute Gasteiger partial charge is 0.421 e. The Bertz CT molecular complexity index is 2690. The van der Waals surface area contributed by atoms with Gasteiger partial charge in [-0.15, -0.1) is 0 Å². The average Bonchev–Trinajstić information content (AvgIpc) is 3.61. The first-order valence-electron chi connectivity index (χ1n) is 17.0. The van der Waals surface area contributed by atoms with Crippen molar-refractivity contribution in [3.05, 3.63) is 136 Å². The van der Waals surface area contributed by atoms with Crippen molar-refractivity contribution in [2.75, 3.05) is 13.9 Å². The van der Waals surface area contributed by atoms with E-state index in [1.54, 1.807) is 70.2 Å². The normalized spacial score (nSPS) is 13.0. The number of benzene rings is 4. The van der Waals surface area contributed by atoms with Crippen molar-refractivity contribution < 1.29 is 41.4 Å². The number of ether oxygens (including phenoxy) is 4. The van der Waals surface area contributed by atoms with E-state index in [0.717, 1.165) is 5.56 Å². The lowest BCUT2D eigenvalue weighted by molar-refractivity contribution is 0.115. The van der Waals surface area contributed by atoms with Gasteiger partial charge < -0.3 is 28.2 Å². The minimum atomic E-state index is -4.44. The number of nitrogens with zero attached hydrogens (tertiary/aromatic N) is 2. The first kappa shape index (κ1) is 38.9. The third kappa shape index (κ3) is 7.75. The van der Waals surface area contributed by atoms with Crippen LogP contribution in [0.1, 0.15) is 47.2 Å². The number of aromatic nitrogens is 2. The highest BCUT2D eigenvalue weighted by molar-refractivity contribution is 9.10. The number of carbonyl (C=O) groups is 1. The zero-order valence-corrected chi connectivity index (χ0v) is 33.1. The number of hydrogen-bond acceptors (Lipinski definition) is 11. The number of aromatic hydroxyl groups is 1. The Hall–Kier alpha value is -5.80. The van der Waals surface area contributed by atoms with Crippen LogP contribution in [0.4, 0.5) is 4.79 Å². The van der Waals surface area contributed by atoms with Crippen LogP contribution < -0.4 is 40.2 Å². The van der Waals surface area contributed by atoms with Gasteiger partial charge in [-0.1, -0.05) is 48.0 Å². The second kappa shape index (κ2) is 15.5. The average molecular weight is 834 g/mol. The van der Waals surface area contributed by atoms with Gasteiger partial charge in [0.1, 0.15) is 15.6 Å². The lowest BCUT2D eigenvalue weighted by atomic mass is 10.1. The highest BCUT2D eigenvalue weighted by Gasteiger charge is 2.28. The van der Waals surface area contributed by atoms with Crippen molar-refractivity contribution in [1.82, 2.24) is 9.13 Å². The lowest BCUT2D eigenvalue weighted by Crippen LogP contribution is -2.60. The minimum absolute atomic E-state index is 0.0368. The number of phenolic OH excluding ortho intramolecular Hbond substituents is 1. The van der Waals surface area contributed by atoms with E-state index in [9.17, 15) is 27.9 Å². The van der Waals surface area contributed by atoms with Crippen molar-refractivity contribution in [3.8, 4) is 28.7 Å². The van der Waals surface area contributed by atoms with Gasteiger partial charge >= 0.3 is 16.2 Å². The Morgan fingerprint density at radius 3 is 2.24 bits per heavy atom. The van der Waals surface area contributed by atoms with Crippen LogP contribution in [0.2, 0.25) is 0 Å². The van der Waals surface area contributed by atoms with Crippen molar-refractivity contribution in [3.63, 3.8) is 0 Å². The molecule has 5 aromatic rings. The standard InChI is InChI=1S/C40H37BrN2O11S/c1-22(2)53-40(47)43-31(16-27-18-32(44)36(50-6)24(4)34(27)41)38(45)42(20-26-10-8-7-9-11-26)30(39(43)46)17-28-19-33-37(52-21-51-33)25(5)35(28)54-55(48,49)29-14-12-23(3)13-15-29/h7-19,22,44H,20-21H2,1-6H3/b30-17+,31-16+. The molecule has 55 heavy (non-hydrogen) atoms. The summed E-state index contributed by atoms with van der Waals surface area (Å²) in [6.45, 7) is 7.94. The molecule has 15 heteroatoms. The third-order valence-corrected chi connectivity index (χ3v) is 11.0. The Morgan fingerprint density at radius 1 is 0.909 bits per heavy atom. The van der Waals surface area contributed by atoms with E-state index in [1.807, 2.05) is 6.92 Å². The van der Waals surface area contributed by atoms with Crippen LogP contribution in [-0.4, -0.2) is 48.8 Å². The maximum atomic E-state index is 14.8. The van der Waals surface area contributed by atoms with Crippen molar-refractivity contribution in [2.24, 2.45) is 0 Å². The first-order valence-corrected chi connectivity index (χ1v) is 19.2. The van der Waals surface area contributed by atoms with Gasteiger partial charge in [0.25, 0.3) is 11.1 Å². The fraction of sp³-hybridized carbons (Fsp3) is 0.225. The van der Waals surface area contributed by atoms with Gasteiger partial charge in [-0.3, -0.25) is 14.2 Å². The molecule has 1 aliphatic rings. The third-order valence-electron chi connectivity index (χ3n) is 8.73. The number of hydrogen-bond donors (Lipinski definition) is 1. The molecule has 2 heterocycles. The monoisotopic (exact) mass is 832 g/mol. The van der Waals surface area contributed by atoms with E-state index < -0.39 is 33.4 Å². The summed E-state index contributed by atoms with van der Waals surface area (Å²) < 4.78 is 57.4. The Morgan fingerprint density at radius 2 is 1.58 bits per heavy atom. The van der Waals surface area contributed by atoms with Gasteiger partial charge in [0.2, 0.25) is 6.79 Å². The molecule has 0 aliphatic carbocycles. The van der Waals surface area contributed by atoms with Gasteiger partial charge in [-0.2, -0.15) is 8.42 Å². The summed E-state index contributed by atoms with van der Waals surface area (Å²) >= 11 is 3.50. The molecule has 0 saturated heterocycles. The van der Waals surface area contributed by atoms with Gasteiger partial charge in [-0.25, -0.2) is 9.36 Å². The number of halogens is 1. The maximum Gasteiger partial charge on any atom is 0.421 e. The molecule has 0 amide bonds. The predicted molar refractivity (Wildman–Crippen MR) is 207 cm³/mol. The molecular formula is C40H37BrN2O11S. The largest absolute Gasteiger partial charge is 0.504 e. The fourth-order valence-electron chi connectivity index (χ4n) is 6.04. The van der Waals surface area contributed by atoms with Gasteiger partial charge in [0.05, 0.1) is 19.8 Å². The van der Waals surface area contributed by atoms with E-state index in [1.165, 1.54) is 48.1 Å². The van der Waals surface area contributed by atoms with E-state index >= 15 is 0 Å². The summed E-state index contributed by atoms with van der Waals surface area (Å²) in [4.78, 5) is 43.3. The zero-order chi connectivity index (χ0) is 39.8. The van der Waals surface area contributed by atoms with Crippen LogP contribution >= 0.6 is 15.9 Å². The highest BCUT2D eigenvalue weighted by atomic mass is 79.9. The molecule has 0 saturated carbocycles. The molecule has 1 aliphatic heterocycles. The van der Waals surface area contributed by atoms with Gasteiger partial charge in [0, 0.05) is 21.2 Å². The van der Waals surface area contributed by atoms with Gasteiger partial charge in [0.15, 0.2) is 28.7 Å². The molecule has 0 fully saturated rings. The summed E-state index contributed by atoms with van der Waals surface area (Å²) in [5, 5.41) is 10.1. The predicted octanol–water partition coefficient (Wildman–Crippen LogP) is 5.01. The summed E-state index contributed by atoms with van der Waals surface area (Å²) in [5.74, 6) is 0.231. The molecule has 0 spiro atoms. The summed E-state index contributed by atoms with van der Waals surface area (Å²) in [6.07, 6.45) is 0.731. The zero-order valence-electron chi connectivity index (χ0n) is 30.7. The number of fused-ring (bicyclic) bond motifs is 1. The molecule has 0 bridgehead atoms. The van der Waals surface area contributed by atoms with Crippen LogP contribution in [0.15, 0.2) is 85.7 Å². The van der Waals surface area contributed by atoms with Crippen LogP contribution in [-0.2, 0) is 21.4 Å².